The van der Waals surface area contributed by atoms with Crippen LogP contribution in [0.1, 0.15) is 43.9 Å². The monoisotopic (exact) mass is 531 g/mol. The Balaban J connectivity index is 1.66. The van der Waals surface area contributed by atoms with Gasteiger partial charge in [-0.1, -0.05) is 112 Å². The van der Waals surface area contributed by atoms with Crippen LogP contribution in [0.15, 0.2) is 91.0 Å². The number of rotatable bonds is 12. The number of ether oxygens (including phenoxy) is 3. The highest BCUT2D eigenvalue weighted by molar-refractivity contribution is 5.79. The highest BCUT2D eigenvalue weighted by Crippen LogP contribution is 2.42. The van der Waals surface area contributed by atoms with Crippen LogP contribution in [0.4, 0.5) is 0 Å². The van der Waals surface area contributed by atoms with Gasteiger partial charge < -0.3 is 24.6 Å². The molecule has 0 aromatic heterocycles. The van der Waals surface area contributed by atoms with Crippen LogP contribution in [0.25, 0.3) is 0 Å². The van der Waals surface area contributed by atoms with E-state index in [1.165, 1.54) is 0 Å². The summed E-state index contributed by atoms with van der Waals surface area (Å²) in [6.07, 6.45) is -1.78. The first kappa shape index (κ1) is 29.0. The van der Waals surface area contributed by atoms with Gasteiger partial charge in [0.1, 0.15) is 11.7 Å². The molecule has 5 atom stereocenters. The molecule has 1 saturated heterocycles. The highest BCUT2D eigenvalue weighted by atomic mass is 16.7. The molecule has 1 aliphatic rings. The van der Waals surface area contributed by atoms with Crippen LogP contribution < -0.4 is 5.32 Å². The number of nitrogens with one attached hydrogen (secondary N) is 1. The lowest BCUT2D eigenvalue weighted by Gasteiger charge is -2.37. The molecule has 39 heavy (non-hydrogen) atoms. The van der Waals surface area contributed by atoms with Crippen LogP contribution >= 0.6 is 0 Å². The Bertz CT molecular complexity index is 1060. The Morgan fingerprint density at radius 2 is 1.41 bits per heavy atom. The minimum Gasteiger partial charge on any atom is -0.390 e. The molecule has 0 spiro atoms. The van der Waals surface area contributed by atoms with Gasteiger partial charge >= 0.3 is 0 Å². The van der Waals surface area contributed by atoms with E-state index in [0.717, 1.165) is 16.7 Å². The number of aliphatic hydroxyl groups excluding tert-OH is 1. The average molecular weight is 532 g/mol. The van der Waals surface area contributed by atoms with E-state index in [4.69, 9.17) is 14.2 Å². The summed E-state index contributed by atoms with van der Waals surface area (Å²) >= 11 is 0. The quantitative estimate of drug-likeness (QED) is 0.317. The first-order chi connectivity index (χ1) is 18.9. The topological polar surface area (TPSA) is 77.0 Å². The smallest absolute Gasteiger partial charge is 0.223 e. The number of carbonyl (C=O) groups excluding carboxylic acids is 1. The summed E-state index contributed by atoms with van der Waals surface area (Å²) < 4.78 is 18.8. The minimum atomic E-state index is -0.940. The molecule has 0 unspecified atom stereocenters. The van der Waals surface area contributed by atoms with Crippen molar-refractivity contribution in [2.45, 2.75) is 51.3 Å². The summed E-state index contributed by atoms with van der Waals surface area (Å²) in [7, 11) is 1.55. The summed E-state index contributed by atoms with van der Waals surface area (Å²) in [5, 5.41) is 14.5. The van der Waals surface area contributed by atoms with E-state index in [2.05, 4.69) is 55.6 Å². The minimum absolute atomic E-state index is 0.0883. The van der Waals surface area contributed by atoms with E-state index in [0.29, 0.717) is 18.9 Å². The maximum atomic E-state index is 13.1. The van der Waals surface area contributed by atoms with Crippen LogP contribution in [0.2, 0.25) is 0 Å². The van der Waals surface area contributed by atoms with Crippen molar-refractivity contribution in [3.05, 3.63) is 108 Å². The van der Waals surface area contributed by atoms with Gasteiger partial charge in [0.15, 0.2) is 6.29 Å². The van der Waals surface area contributed by atoms with Gasteiger partial charge in [-0.3, -0.25) is 4.79 Å². The maximum absolute atomic E-state index is 13.1. The molecule has 0 radical (unpaired) electrons. The third kappa shape index (κ3) is 6.25. The van der Waals surface area contributed by atoms with Crippen molar-refractivity contribution in [3.8, 4) is 0 Å². The molecule has 3 aromatic carbocycles. The largest absolute Gasteiger partial charge is 0.390 e. The van der Waals surface area contributed by atoms with Gasteiger partial charge in [0.05, 0.1) is 18.6 Å². The number of hydrogen-bond donors (Lipinski definition) is 2. The predicted octanol–water partition coefficient (Wildman–Crippen LogP) is 5.14. The Hall–Kier alpha value is -3.03. The van der Waals surface area contributed by atoms with Crippen LogP contribution in [0.5, 0.6) is 0 Å². The van der Waals surface area contributed by atoms with E-state index >= 15 is 0 Å². The molecule has 3 aromatic rings. The van der Waals surface area contributed by atoms with E-state index in [1.54, 1.807) is 7.11 Å². The fourth-order valence-corrected chi connectivity index (χ4v) is 5.57. The molecule has 2 N–H and O–H groups in total. The Labute approximate surface area is 232 Å². The molecule has 0 saturated carbocycles. The summed E-state index contributed by atoms with van der Waals surface area (Å²) in [5.41, 5.74) is 1.96. The molecule has 1 aliphatic heterocycles. The van der Waals surface area contributed by atoms with Gasteiger partial charge in [-0.2, -0.15) is 0 Å². The molecule has 1 fully saturated rings. The highest BCUT2D eigenvalue weighted by Gasteiger charge is 2.50. The first-order valence-corrected chi connectivity index (χ1v) is 13.9. The van der Waals surface area contributed by atoms with Crippen LogP contribution in [0, 0.1) is 17.8 Å². The lowest BCUT2D eigenvalue weighted by atomic mass is 9.80. The van der Waals surface area contributed by atoms with Crippen molar-refractivity contribution in [1.29, 1.82) is 0 Å². The fraction of sp³-hybridized carbons (Fsp3) is 0.424. The average Bonchev–Trinajstić information content (AvgIpc) is 3.29. The zero-order chi connectivity index (χ0) is 27.8. The Morgan fingerprint density at radius 3 is 1.82 bits per heavy atom. The normalized spacial score (nSPS) is 22.1. The molecule has 0 bridgehead atoms. The predicted molar refractivity (Wildman–Crippen MR) is 152 cm³/mol. The van der Waals surface area contributed by atoms with E-state index in [-0.39, 0.29) is 12.5 Å². The molecule has 208 valence electrons. The molecule has 1 heterocycles. The lowest BCUT2D eigenvalue weighted by Crippen LogP contribution is -2.44. The van der Waals surface area contributed by atoms with Crippen molar-refractivity contribution in [3.63, 3.8) is 0 Å². The number of aliphatic hydroxyl groups is 1. The zero-order valence-corrected chi connectivity index (χ0v) is 23.3. The molecule has 6 nitrogen and oxygen atoms in total. The van der Waals surface area contributed by atoms with E-state index in [9.17, 15) is 9.90 Å². The molecular formula is C33H41NO5. The van der Waals surface area contributed by atoms with Crippen molar-refractivity contribution in [2.24, 2.45) is 17.8 Å². The van der Waals surface area contributed by atoms with Crippen LogP contribution in [0.3, 0.4) is 0 Å². The van der Waals surface area contributed by atoms with Gasteiger partial charge in [0.2, 0.25) is 5.91 Å². The van der Waals surface area contributed by atoms with Gasteiger partial charge in [-0.05, 0) is 29.0 Å². The second-order valence-electron chi connectivity index (χ2n) is 10.6. The molecule has 0 aliphatic carbocycles. The summed E-state index contributed by atoms with van der Waals surface area (Å²) in [6, 6.07) is 30.3. The number of hydrogen-bond acceptors (Lipinski definition) is 5. The van der Waals surface area contributed by atoms with Crippen molar-refractivity contribution in [2.75, 3.05) is 20.3 Å². The fourth-order valence-electron chi connectivity index (χ4n) is 5.57. The third-order valence-corrected chi connectivity index (χ3v) is 7.56. The van der Waals surface area contributed by atoms with E-state index < -0.39 is 35.9 Å². The molecule has 1 amide bonds. The number of carbonyl (C=O) groups is 1. The van der Waals surface area contributed by atoms with Crippen LogP contribution in [-0.4, -0.2) is 49.8 Å². The summed E-state index contributed by atoms with van der Waals surface area (Å²) in [5.74, 6) is -0.719. The Morgan fingerprint density at radius 1 is 0.923 bits per heavy atom. The van der Waals surface area contributed by atoms with Crippen molar-refractivity contribution >= 4 is 5.91 Å². The lowest BCUT2D eigenvalue weighted by molar-refractivity contribution is -0.160. The number of benzene rings is 3. The SMILES string of the molecule is CC[C@H](C(=O)NCC(C)C)[C@H]1[C@H](OC)O[C@H](COC(c2ccccc2)(c2ccccc2)c2ccccc2)[C@H]1O. The molecule has 6 heteroatoms. The van der Waals surface area contributed by atoms with Crippen molar-refractivity contribution in [1.82, 2.24) is 5.32 Å². The molecular weight excluding hydrogens is 490 g/mol. The third-order valence-electron chi connectivity index (χ3n) is 7.56. The Kier molecular flexibility index (Phi) is 9.92. The van der Waals surface area contributed by atoms with Gasteiger partial charge in [-0.15, -0.1) is 0 Å². The standard InChI is InChI=1S/C33H41NO5/c1-5-27(31(36)34-21-23(2)3)29-30(35)28(39-32(29)37-4)22-38-33(24-15-9-6-10-16-24,25-17-11-7-12-18-25)26-19-13-8-14-20-26/h6-20,23,27-30,32,35H,5,21-22H2,1-4H3,(H,34,36)/t27-,28+,29+,30+,32+/m0/s1. The maximum Gasteiger partial charge on any atom is 0.223 e. The number of amides is 1. The number of methoxy groups -OCH3 is 1. The van der Waals surface area contributed by atoms with E-state index in [1.807, 2.05) is 61.5 Å². The summed E-state index contributed by atoms with van der Waals surface area (Å²) in [6.45, 7) is 6.74. The van der Waals surface area contributed by atoms with Gasteiger partial charge in [-0.25, -0.2) is 0 Å². The van der Waals surface area contributed by atoms with Gasteiger partial charge in [0.25, 0.3) is 0 Å². The second-order valence-corrected chi connectivity index (χ2v) is 10.6. The second kappa shape index (κ2) is 13.4. The van der Waals surface area contributed by atoms with Crippen LogP contribution in [-0.2, 0) is 24.6 Å². The molecule has 4 rings (SSSR count). The zero-order valence-electron chi connectivity index (χ0n) is 23.3. The first-order valence-electron chi connectivity index (χ1n) is 13.9. The summed E-state index contributed by atoms with van der Waals surface area (Å²) in [4.78, 5) is 13.1. The van der Waals surface area contributed by atoms with Crippen molar-refractivity contribution < 1.29 is 24.1 Å². The van der Waals surface area contributed by atoms with Gasteiger partial charge in [0, 0.05) is 19.6 Å².